The number of nitrogens with zero attached hydrogens (tertiary/aromatic N) is 2. The summed E-state index contributed by atoms with van der Waals surface area (Å²) in [6.45, 7) is 5.59. The summed E-state index contributed by atoms with van der Waals surface area (Å²) in [5.41, 5.74) is 1.72. The van der Waals surface area contributed by atoms with E-state index < -0.39 is 28.1 Å². The molecular weight excluding hydrogens is 572 g/mol. The molecule has 4 rings (SSSR count). The van der Waals surface area contributed by atoms with Crippen LogP contribution in [0.3, 0.4) is 0 Å². The smallest absolute Gasteiger partial charge is 0.321 e. The van der Waals surface area contributed by atoms with Crippen LogP contribution in [-0.4, -0.2) is 81.3 Å². The van der Waals surface area contributed by atoms with Gasteiger partial charge in [0.15, 0.2) is 5.75 Å². The molecule has 0 saturated carbocycles. The molecule has 3 N–H and O–H groups in total. The van der Waals surface area contributed by atoms with Gasteiger partial charge in [-0.2, -0.15) is 0 Å². The maximum atomic E-state index is 13.7. The molecule has 230 valence electrons. The van der Waals surface area contributed by atoms with Crippen LogP contribution in [-0.2, 0) is 10.0 Å². The van der Waals surface area contributed by atoms with Gasteiger partial charge in [0.25, 0.3) is 15.9 Å². The summed E-state index contributed by atoms with van der Waals surface area (Å²) in [6, 6.07) is 17.1. The minimum absolute atomic E-state index is 0.0545. The first-order valence-corrected chi connectivity index (χ1v) is 15.4. The van der Waals surface area contributed by atoms with E-state index in [0.29, 0.717) is 11.4 Å². The number of likely N-dealkylation sites (N-methyl/N-ethyl adjacent to an activating group) is 1. The van der Waals surface area contributed by atoms with Crippen molar-refractivity contribution in [1.82, 2.24) is 9.80 Å². The fourth-order valence-corrected chi connectivity index (χ4v) is 5.77. The number of nitrogens with one attached hydrogen (secondary N) is 2. The number of fused-ring (bicyclic) bond motifs is 1. The number of carbonyl (C=O) groups is 2. The molecule has 1 aliphatic heterocycles. The molecule has 3 aromatic carbocycles. The molecule has 1 heterocycles. The molecule has 3 aromatic rings. The summed E-state index contributed by atoms with van der Waals surface area (Å²) in [7, 11) is -0.837. The van der Waals surface area contributed by atoms with Crippen LogP contribution < -0.4 is 19.5 Å². The molecule has 0 radical (unpaired) electrons. The lowest BCUT2D eigenvalue weighted by Gasteiger charge is -2.38. The van der Waals surface area contributed by atoms with Crippen molar-refractivity contribution < 1.29 is 32.6 Å². The van der Waals surface area contributed by atoms with Crippen LogP contribution in [0.4, 0.5) is 16.2 Å². The highest BCUT2D eigenvalue weighted by atomic mass is 32.2. The lowest BCUT2D eigenvalue weighted by molar-refractivity contribution is 0.0373. The third-order valence-corrected chi connectivity index (χ3v) is 8.79. The Balaban J connectivity index is 1.66. The van der Waals surface area contributed by atoms with Crippen LogP contribution in [0.5, 0.6) is 11.5 Å². The number of aliphatic hydroxyl groups is 1. The Labute approximate surface area is 252 Å². The molecule has 11 nitrogen and oxygen atoms in total. The first-order valence-electron chi connectivity index (χ1n) is 13.9. The summed E-state index contributed by atoms with van der Waals surface area (Å²) < 4.78 is 40.8. The van der Waals surface area contributed by atoms with Gasteiger partial charge in [-0.05, 0) is 62.4 Å². The molecule has 3 atom stereocenters. The largest absolute Gasteiger partial charge is 0.497 e. The maximum absolute atomic E-state index is 13.7. The van der Waals surface area contributed by atoms with Crippen molar-refractivity contribution in [2.45, 2.75) is 37.8 Å². The molecule has 0 saturated heterocycles. The van der Waals surface area contributed by atoms with Gasteiger partial charge in [-0.25, -0.2) is 13.2 Å². The fraction of sp³-hybridized carbons (Fsp3) is 0.355. The summed E-state index contributed by atoms with van der Waals surface area (Å²) >= 11 is 0. The fourth-order valence-electron chi connectivity index (χ4n) is 4.71. The average molecular weight is 611 g/mol. The van der Waals surface area contributed by atoms with Crippen LogP contribution in [0.2, 0.25) is 0 Å². The molecule has 43 heavy (non-hydrogen) atoms. The number of sulfonamides is 1. The minimum atomic E-state index is -4.02. The Morgan fingerprint density at radius 3 is 2.44 bits per heavy atom. The van der Waals surface area contributed by atoms with Gasteiger partial charge in [0.2, 0.25) is 0 Å². The first-order chi connectivity index (χ1) is 20.4. The van der Waals surface area contributed by atoms with Crippen molar-refractivity contribution in [2.24, 2.45) is 5.92 Å². The first kappa shape index (κ1) is 31.6. The van der Waals surface area contributed by atoms with Gasteiger partial charge in [-0.3, -0.25) is 9.52 Å². The zero-order valence-electron chi connectivity index (χ0n) is 24.9. The SMILES string of the molecule is COc1ccc(NC(=O)N(C)C[C@@H]2Oc3c(NS(=O)(=O)c4ccc(C)cc4)cccc3C(=O)N([C@H](C)CO)C[C@H]2C)cc1. The minimum Gasteiger partial charge on any atom is -0.497 e. The number of ether oxygens (including phenoxy) is 2. The predicted octanol–water partition coefficient (Wildman–Crippen LogP) is 4.19. The van der Waals surface area contributed by atoms with Crippen molar-refractivity contribution in [3.63, 3.8) is 0 Å². The molecule has 0 aliphatic carbocycles. The van der Waals surface area contributed by atoms with Gasteiger partial charge >= 0.3 is 6.03 Å². The third-order valence-electron chi connectivity index (χ3n) is 7.41. The van der Waals surface area contributed by atoms with E-state index in [0.717, 1.165) is 5.56 Å². The van der Waals surface area contributed by atoms with Crippen molar-refractivity contribution in [3.8, 4) is 11.5 Å². The van der Waals surface area contributed by atoms with Gasteiger partial charge in [0, 0.05) is 25.2 Å². The summed E-state index contributed by atoms with van der Waals surface area (Å²) in [5, 5.41) is 12.8. The molecule has 0 spiro atoms. The van der Waals surface area contributed by atoms with Crippen LogP contribution in [0.25, 0.3) is 0 Å². The van der Waals surface area contributed by atoms with Gasteiger partial charge in [-0.15, -0.1) is 0 Å². The number of benzene rings is 3. The molecule has 1 aliphatic rings. The van der Waals surface area contributed by atoms with E-state index in [1.807, 2.05) is 13.8 Å². The van der Waals surface area contributed by atoms with E-state index in [9.17, 15) is 23.1 Å². The van der Waals surface area contributed by atoms with Gasteiger partial charge in [0.1, 0.15) is 11.9 Å². The number of hydrogen-bond acceptors (Lipinski definition) is 7. The van der Waals surface area contributed by atoms with Crippen molar-refractivity contribution in [3.05, 3.63) is 77.9 Å². The number of methoxy groups -OCH3 is 1. The van der Waals surface area contributed by atoms with E-state index in [1.165, 1.54) is 23.1 Å². The number of anilines is 2. The topological polar surface area (TPSA) is 138 Å². The van der Waals surface area contributed by atoms with Crippen LogP contribution in [0.15, 0.2) is 71.6 Å². The van der Waals surface area contributed by atoms with Crippen LogP contribution >= 0.6 is 0 Å². The Bertz CT molecular complexity index is 1550. The maximum Gasteiger partial charge on any atom is 0.321 e. The number of para-hydroxylation sites is 1. The van der Waals surface area contributed by atoms with Gasteiger partial charge in [0.05, 0.1) is 42.4 Å². The van der Waals surface area contributed by atoms with Crippen LogP contribution in [0.1, 0.15) is 29.8 Å². The van der Waals surface area contributed by atoms with Crippen molar-refractivity contribution in [2.75, 3.05) is 43.9 Å². The highest BCUT2D eigenvalue weighted by Gasteiger charge is 2.35. The number of amides is 3. The third kappa shape index (κ3) is 7.38. The molecule has 3 amide bonds. The van der Waals surface area contributed by atoms with E-state index in [2.05, 4.69) is 10.0 Å². The Kier molecular flexibility index (Phi) is 9.82. The zero-order chi connectivity index (χ0) is 31.3. The summed E-state index contributed by atoms with van der Waals surface area (Å²) in [5.74, 6) is 0.0126. The summed E-state index contributed by atoms with van der Waals surface area (Å²) in [4.78, 5) is 29.9. The number of rotatable bonds is 9. The number of aryl methyl sites for hydroxylation is 1. The number of carbonyl (C=O) groups excluding carboxylic acids is 2. The molecule has 12 heteroatoms. The van der Waals surface area contributed by atoms with E-state index in [1.54, 1.807) is 74.5 Å². The molecule has 0 unspecified atom stereocenters. The Hall–Kier alpha value is -4.29. The highest BCUT2D eigenvalue weighted by Crippen LogP contribution is 2.36. The second-order valence-electron chi connectivity index (χ2n) is 10.8. The number of hydrogen-bond donors (Lipinski definition) is 3. The van der Waals surface area contributed by atoms with Crippen molar-refractivity contribution >= 4 is 33.3 Å². The zero-order valence-corrected chi connectivity index (χ0v) is 25.7. The second kappa shape index (κ2) is 13.3. The summed E-state index contributed by atoms with van der Waals surface area (Å²) in [6.07, 6.45) is -0.642. The predicted molar refractivity (Wildman–Crippen MR) is 164 cm³/mol. The van der Waals surface area contributed by atoms with E-state index in [4.69, 9.17) is 9.47 Å². The lowest BCUT2D eigenvalue weighted by atomic mass is 9.99. The van der Waals surface area contributed by atoms with Gasteiger partial charge in [-0.1, -0.05) is 30.7 Å². The van der Waals surface area contributed by atoms with Crippen LogP contribution in [0, 0.1) is 12.8 Å². The van der Waals surface area contributed by atoms with Crippen molar-refractivity contribution in [1.29, 1.82) is 0 Å². The molecule has 0 fully saturated rings. The molecular formula is C31H38N4O7S. The number of urea groups is 1. The monoisotopic (exact) mass is 610 g/mol. The Morgan fingerprint density at radius 2 is 1.81 bits per heavy atom. The molecule has 0 aromatic heterocycles. The van der Waals surface area contributed by atoms with E-state index in [-0.39, 0.29) is 53.5 Å². The number of aliphatic hydroxyl groups excluding tert-OH is 1. The van der Waals surface area contributed by atoms with Gasteiger partial charge < -0.3 is 29.7 Å². The second-order valence-corrected chi connectivity index (χ2v) is 12.4. The average Bonchev–Trinajstić information content (AvgIpc) is 2.99. The Morgan fingerprint density at radius 1 is 1.14 bits per heavy atom. The highest BCUT2D eigenvalue weighted by molar-refractivity contribution is 7.92. The van der Waals surface area contributed by atoms with E-state index >= 15 is 0 Å². The quantitative estimate of drug-likeness (QED) is 0.330. The standard InChI is InChI=1S/C31H38N4O7S/c1-20-9-15-25(16-10-20)43(39,40)33-27-8-6-7-26-29(27)42-28(21(2)17-35(30(26)37)22(3)19-36)18-34(4)31(38)32-23-11-13-24(41-5)14-12-23/h6-16,21-22,28,33,36H,17-19H2,1-5H3,(H,32,38)/t21-,22-,28+/m1/s1. The normalized spacial score (nSPS) is 17.5. The lowest BCUT2D eigenvalue weighted by Crippen LogP contribution is -2.50. The molecule has 0 bridgehead atoms.